The zero-order chi connectivity index (χ0) is 12.2. The minimum atomic E-state index is -4.37. The third-order valence-corrected chi connectivity index (χ3v) is 1.72. The molecule has 0 amide bonds. The van der Waals surface area contributed by atoms with Crippen molar-refractivity contribution in [1.29, 1.82) is 0 Å². The van der Waals surface area contributed by atoms with Crippen LogP contribution in [0.25, 0.3) is 0 Å². The van der Waals surface area contributed by atoms with E-state index in [1.54, 1.807) is 0 Å². The first-order valence-corrected chi connectivity index (χ1v) is 4.43. The molecule has 0 unspecified atom stereocenters. The van der Waals surface area contributed by atoms with Crippen LogP contribution in [0.15, 0.2) is 12.3 Å². The second-order valence-corrected chi connectivity index (χ2v) is 3.03. The van der Waals surface area contributed by atoms with Gasteiger partial charge in [-0.05, 0) is 6.07 Å². The molecule has 0 bridgehead atoms. The zero-order valence-corrected chi connectivity index (χ0v) is 8.28. The highest BCUT2D eigenvalue weighted by molar-refractivity contribution is 5.41. The van der Waals surface area contributed by atoms with E-state index >= 15 is 0 Å². The Bertz CT molecular complexity index is 344. The van der Waals surface area contributed by atoms with Crippen molar-refractivity contribution in [3.63, 3.8) is 0 Å². The molecular weight excluding hydrogens is 225 g/mol. The van der Waals surface area contributed by atoms with E-state index in [-0.39, 0.29) is 18.3 Å². The first-order chi connectivity index (χ1) is 7.42. The molecule has 0 saturated carbocycles. The number of nitrogen functional groups attached to an aromatic ring is 1. The summed E-state index contributed by atoms with van der Waals surface area (Å²) in [7, 11) is 0. The molecule has 0 aromatic carbocycles. The van der Waals surface area contributed by atoms with Crippen LogP contribution < -0.4 is 10.6 Å². The van der Waals surface area contributed by atoms with Crippen molar-refractivity contribution < 1.29 is 18.3 Å². The van der Waals surface area contributed by atoms with Gasteiger partial charge in [-0.1, -0.05) is 0 Å². The molecule has 0 atom stereocenters. The number of anilines is 2. The summed E-state index contributed by atoms with van der Waals surface area (Å²) in [6, 6.07) is 1.30. The van der Waals surface area contributed by atoms with Crippen LogP contribution in [0.5, 0.6) is 0 Å². The number of alkyl halides is 3. The molecule has 16 heavy (non-hydrogen) atoms. The SMILES string of the molecule is Nc1nccc(N(CCO)CC(F)(F)F)n1. The Hall–Kier alpha value is -1.57. The molecule has 0 aliphatic heterocycles. The Morgan fingerprint density at radius 3 is 2.62 bits per heavy atom. The second kappa shape index (κ2) is 4.97. The molecule has 1 rings (SSSR count). The maximum absolute atomic E-state index is 12.2. The standard InChI is InChI=1S/C8H11F3N4O/c9-8(10,11)5-15(3-4-16)6-1-2-13-7(12)14-6/h1-2,16H,3-5H2,(H2,12,13,14). The lowest BCUT2D eigenvalue weighted by atomic mass is 10.4. The van der Waals surface area contributed by atoms with Crippen LogP contribution >= 0.6 is 0 Å². The Kier molecular flexibility index (Phi) is 3.88. The average Bonchev–Trinajstić information content (AvgIpc) is 2.15. The van der Waals surface area contributed by atoms with Gasteiger partial charge in [0, 0.05) is 12.7 Å². The van der Waals surface area contributed by atoms with Gasteiger partial charge in [-0.25, -0.2) is 4.98 Å². The number of halogens is 3. The number of hydrogen-bond donors (Lipinski definition) is 2. The van der Waals surface area contributed by atoms with Gasteiger partial charge in [0.2, 0.25) is 5.95 Å². The Morgan fingerprint density at radius 1 is 1.44 bits per heavy atom. The Labute approximate surface area is 89.7 Å². The van der Waals surface area contributed by atoms with E-state index in [1.165, 1.54) is 12.3 Å². The van der Waals surface area contributed by atoms with Crippen molar-refractivity contribution >= 4 is 11.8 Å². The maximum Gasteiger partial charge on any atom is 0.405 e. The number of aliphatic hydroxyl groups is 1. The first kappa shape index (κ1) is 12.5. The van der Waals surface area contributed by atoms with Crippen LogP contribution in [0.4, 0.5) is 24.9 Å². The molecule has 3 N–H and O–H groups in total. The van der Waals surface area contributed by atoms with Gasteiger partial charge in [0.05, 0.1) is 6.61 Å². The summed E-state index contributed by atoms with van der Waals surface area (Å²) in [4.78, 5) is 8.12. The number of nitrogens with two attached hydrogens (primary N) is 1. The fourth-order valence-corrected chi connectivity index (χ4v) is 1.15. The van der Waals surface area contributed by atoms with E-state index < -0.39 is 19.3 Å². The topological polar surface area (TPSA) is 75.3 Å². The van der Waals surface area contributed by atoms with Crippen molar-refractivity contribution in [3.8, 4) is 0 Å². The fraction of sp³-hybridized carbons (Fsp3) is 0.500. The van der Waals surface area contributed by atoms with Gasteiger partial charge in [0.25, 0.3) is 0 Å². The number of nitrogens with zero attached hydrogens (tertiary/aromatic N) is 3. The minimum absolute atomic E-state index is 0.0406. The van der Waals surface area contributed by atoms with Gasteiger partial charge in [0.1, 0.15) is 12.4 Å². The van der Waals surface area contributed by atoms with Gasteiger partial charge >= 0.3 is 6.18 Å². The van der Waals surface area contributed by atoms with Crippen LogP contribution in [0, 0.1) is 0 Å². The quantitative estimate of drug-likeness (QED) is 0.792. The molecule has 1 aromatic rings. The lowest BCUT2D eigenvalue weighted by Gasteiger charge is -2.23. The number of rotatable bonds is 4. The predicted octanol–water partition coefficient (Wildman–Crippen LogP) is 0.420. The van der Waals surface area contributed by atoms with Gasteiger partial charge in [-0.2, -0.15) is 18.2 Å². The van der Waals surface area contributed by atoms with Crippen molar-refractivity contribution in [2.75, 3.05) is 30.3 Å². The number of aromatic nitrogens is 2. The van der Waals surface area contributed by atoms with Gasteiger partial charge in [-0.15, -0.1) is 0 Å². The summed E-state index contributed by atoms with van der Waals surface area (Å²) in [5.74, 6) is -0.0681. The van der Waals surface area contributed by atoms with Crippen LogP contribution in [-0.2, 0) is 0 Å². The third kappa shape index (κ3) is 3.89. The lowest BCUT2D eigenvalue weighted by molar-refractivity contribution is -0.120. The third-order valence-electron chi connectivity index (χ3n) is 1.72. The highest BCUT2D eigenvalue weighted by Crippen LogP contribution is 2.20. The van der Waals surface area contributed by atoms with Crippen molar-refractivity contribution in [2.45, 2.75) is 6.18 Å². The van der Waals surface area contributed by atoms with E-state index in [0.717, 1.165) is 4.90 Å². The van der Waals surface area contributed by atoms with Gasteiger partial charge < -0.3 is 15.7 Å². The fourth-order valence-electron chi connectivity index (χ4n) is 1.15. The molecule has 0 spiro atoms. The maximum atomic E-state index is 12.2. The average molecular weight is 236 g/mol. The van der Waals surface area contributed by atoms with E-state index in [1.807, 2.05) is 0 Å². The molecular formula is C8H11F3N4O. The first-order valence-electron chi connectivity index (χ1n) is 4.43. The highest BCUT2D eigenvalue weighted by Gasteiger charge is 2.31. The summed E-state index contributed by atoms with van der Waals surface area (Å²) < 4.78 is 36.7. The van der Waals surface area contributed by atoms with Crippen LogP contribution in [-0.4, -0.2) is 40.9 Å². The minimum Gasteiger partial charge on any atom is -0.395 e. The molecule has 0 aliphatic rings. The van der Waals surface area contributed by atoms with Crippen molar-refractivity contribution in [1.82, 2.24) is 9.97 Å². The molecule has 0 radical (unpaired) electrons. The molecule has 5 nitrogen and oxygen atoms in total. The van der Waals surface area contributed by atoms with Crippen molar-refractivity contribution in [2.24, 2.45) is 0 Å². The normalized spacial score (nSPS) is 11.5. The summed E-state index contributed by atoms with van der Waals surface area (Å²) in [5.41, 5.74) is 5.26. The van der Waals surface area contributed by atoms with E-state index in [4.69, 9.17) is 10.8 Å². The van der Waals surface area contributed by atoms with E-state index in [0.29, 0.717) is 0 Å². The molecule has 90 valence electrons. The predicted molar refractivity (Wildman–Crippen MR) is 51.8 cm³/mol. The summed E-state index contributed by atoms with van der Waals surface area (Å²) >= 11 is 0. The Balaban J connectivity index is 2.85. The van der Waals surface area contributed by atoms with Crippen LogP contribution in [0.1, 0.15) is 0 Å². The Morgan fingerprint density at radius 2 is 2.12 bits per heavy atom. The highest BCUT2D eigenvalue weighted by atomic mass is 19.4. The lowest BCUT2D eigenvalue weighted by Crippen LogP contribution is -2.36. The molecule has 0 fully saturated rings. The van der Waals surface area contributed by atoms with E-state index in [9.17, 15) is 13.2 Å². The molecule has 1 aromatic heterocycles. The summed E-state index contributed by atoms with van der Waals surface area (Å²) in [5, 5.41) is 8.68. The smallest absolute Gasteiger partial charge is 0.395 e. The van der Waals surface area contributed by atoms with Gasteiger partial charge in [-0.3, -0.25) is 0 Å². The van der Waals surface area contributed by atoms with E-state index in [2.05, 4.69) is 9.97 Å². The monoisotopic (exact) mass is 236 g/mol. The molecule has 0 saturated heterocycles. The van der Waals surface area contributed by atoms with Gasteiger partial charge in [0.15, 0.2) is 0 Å². The second-order valence-electron chi connectivity index (χ2n) is 3.03. The molecule has 1 heterocycles. The largest absolute Gasteiger partial charge is 0.405 e. The number of hydrogen-bond acceptors (Lipinski definition) is 5. The summed E-state index contributed by atoms with van der Waals surface area (Å²) in [6.45, 7) is -1.76. The zero-order valence-electron chi connectivity index (χ0n) is 8.28. The summed E-state index contributed by atoms with van der Waals surface area (Å²) in [6.07, 6.45) is -3.10. The number of aliphatic hydroxyl groups excluding tert-OH is 1. The van der Waals surface area contributed by atoms with Crippen molar-refractivity contribution in [3.05, 3.63) is 12.3 Å². The molecule has 8 heteroatoms. The van der Waals surface area contributed by atoms with Crippen LogP contribution in [0.2, 0.25) is 0 Å². The van der Waals surface area contributed by atoms with Crippen LogP contribution in [0.3, 0.4) is 0 Å². The molecule has 0 aliphatic carbocycles.